The molecule has 2 aliphatic rings. The van der Waals surface area contributed by atoms with Crippen molar-refractivity contribution in [3.63, 3.8) is 0 Å². The number of carbonyl (C=O) groups is 2. The van der Waals surface area contributed by atoms with Gasteiger partial charge in [0.2, 0.25) is 0 Å². The van der Waals surface area contributed by atoms with Gasteiger partial charge >= 0.3 is 5.97 Å². The van der Waals surface area contributed by atoms with Gasteiger partial charge in [0.05, 0.1) is 10.8 Å². The summed E-state index contributed by atoms with van der Waals surface area (Å²) in [4.78, 5) is 26.6. The van der Waals surface area contributed by atoms with Gasteiger partial charge in [-0.3, -0.25) is 14.5 Å². The molecule has 2 unspecified atom stereocenters. The number of carbonyl (C=O) groups excluding carboxylic acids is 1. The lowest BCUT2D eigenvalue weighted by atomic mass is 9.85. The monoisotopic (exact) mass is 437 g/mol. The number of amides is 1. The highest BCUT2D eigenvalue weighted by atomic mass is 32.2. The lowest BCUT2D eigenvalue weighted by Crippen LogP contribution is -2.42. The van der Waals surface area contributed by atoms with Crippen LogP contribution in [-0.2, 0) is 9.59 Å². The third kappa shape index (κ3) is 4.35. The zero-order chi connectivity index (χ0) is 21.3. The first-order chi connectivity index (χ1) is 14.4. The molecule has 1 N–H and O–H groups in total. The SMILES string of the molecule is Cc1ccc(-c2ccc(/C=C3/SC(=S)N(C4CCCC(C(=O)O)C4)C3=O)cc2)cc1. The normalized spacial score (nSPS) is 23.2. The number of hydrogen-bond donors (Lipinski definition) is 1. The predicted molar refractivity (Wildman–Crippen MR) is 125 cm³/mol. The summed E-state index contributed by atoms with van der Waals surface area (Å²) in [6.07, 6.45) is 4.62. The second-order valence-electron chi connectivity index (χ2n) is 7.90. The first kappa shape index (κ1) is 20.8. The Morgan fingerprint density at radius 1 is 1.10 bits per heavy atom. The van der Waals surface area contributed by atoms with Crippen LogP contribution in [0.25, 0.3) is 17.2 Å². The minimum Gasteiger partial charge on any atom is -0.481 e. The predicted octanol–water partition coefficient (Wildman–Crippen LogP) is 5.51. The van der Waals surface area contributed by atoms with E-state index in [0.29, 0.717) is 22.1 Å². The van der Waals surface area contributed by atoms with E-state index in [1.54, 1.807) is 4.90 Å². The number of hydrogen-bond acceptors (Lipinski definition) is 4. The van der Waals surface area contributed by atoms with Crippen LogP contribution in [0.3, 0.4) is 0 Å². The molecule has 1 aliphatic carbocycles. The molecule has 4 rings (SSSR count). The van der Waals surface area contributed by atoms with E-state index in [1.165, 1.54) is 17.3 Å². The number of carboxylic acids is 1. The Labute approximate surface area is 186 Å². The number of aliphatic carboxylic acids is 1. The van der Waals surface area contributed by atoms with Crippen molar-refractivity contribution in [2.24, 2.45) is 5.92 Å². The molecule has 2 fully saturated rings. The van der Waals surface area contributed by atoms with Crippen LogP contribution in [0.1, 0.15) is 36.8 Å². The van der Waals surface area contributed by atoms with Crippen molar-refractivity contribution in [3.05, 3.63) is 64.6 Å². The van der Waals surface area contributed by atoms with Crippen LogP contribution < -0.4 is 0 Å². The van der Waals surface area contributed by atoms with Gasteiger partial charge in [0, 0.05) is 6.04 Å². The van der Waals surface area contributed by atoms with Crippen molar-refractivity contribution >= 4 is 46.3 Å². The molecule has 0 radical (unpaired) electrons. The van der Waals surface area contributed by atoms with E-state index >= 15 is 0 Å². The maximum absolute atomic E-state index is 13.0. The molecule has 1 saturated carbocycles. The lowest BCUT2D eigenvalue weighted by molar-refractivity contribution is -0.144. The number of nitrogens with zero attached hydrogens (tertiary/aromatic N) is 1. The van der Waals surface area contributed by atoms with E-state index < -0.39 is 11.9 Å². The van der Waals surface area contributed by atoms with Crippen LogP contribution in [0.4, 0.5) is 0 Å². The number of thioether (sulfide) groups is 1. The highest BCUT2D eigenvalue weighted by Gasteiger charge is 2.40. The average Bonchev–Trinajstić information content (AvgIpc) is 3.02. The quantitative estimate of drug-likeness (QED) is 0.505. The van der Waals surface area contributed by atoms with Gasteiger partial charge in [0.1, 0.15) is 4.32 Å². The minimum absolute atomic E-state index is 0.108. The molecule has 0 spiro atoms. The van der Waals surface area contributed by atoms with Gasteiger partial charge in [-0.2, -0.15) is 0 Å². The highest BCUT2D eigenvalue weighted by Crippen LogP contribution is 2.38. The molecule has 154 valence electrons. The molecule has 1 heterocycles. The van der Waals surface area contributed by atoms with Crippen molar-refractivity contribution in [1.29, 1.82) is 0 Å². The minimum atomic E-state index is -0.783. The van der Waals surface area contributed by atoms with Crippen LogP contribution in [0.15, 0.2) is 53.4 Å². The molecule has 0 aromatic heterocycles. The summed E-state index contributed by atoms with van der Waals surface area (Å²) in [5.41, 5.74) is 4.45. The molecular weight excluding hydrogens is 414 g/mol. The lowest BCUT2D eigenvalue weighted by Gasteiger charge is -2.32. The van der Waals surface area contributed by atoms with Gasteiger partial charge < -0.3 is 5.11 Å². The Balaban J connectivity index is 1.50. The maximum atomic E-state index is 13.0. The summed E-state index contributed by atoms with van der Waals surface area (Å²) in [5, 5.41) is 9.34. The first-order valence-corrected chi connectivity index (χ1v) is 11.3. The summed E-state index contributed by atoms with van der Waals surface area (Å²) < 4.78 is 0.526. The number of rotatable bonds is 4. The Hall–Kier alpha value is -2.44. The fourth-order valence-electron chi connectivity index (χ4n) is 4.09. The van der Waals surface area contributed by atoms with Gasteiger partial charge in [-0.05, 0) is 49.0 Å². The second kappa shape index (κ2) is 8.74. The highest BCUT2D eigenvalue weighted by molar-refractivity contribution is 8.26. The van der Waals surface area contributed by atoms with Crippen molar-refractivity contribution in [2.75, 3.05) is 0 Å². The van der Waals surface area contributed by atoms with E-state index in [-0.39, 0.29) is 11.9 Å². The fourth-order valence-corrected chi connectivity index (χ4v) is 5.49. The summed E-state index contributed by atoms with van der Waals surface area (Å²) in [5.74, 6) is -1.29. The van der Waals surface area contributed by atoms with Gasteiger partial charge in [-0.1, -0.05) is 84.5 Å². The average molecular weight is 438 g/mol. The Morgan fingerprint density at radius 2 is 1.73 bits per heavy atom. The molecule has 1 aliphatic heterocycles. The van der Waals surface area contributed by atoms with Crippen LogP contribution in [0, 0.1) is 12.8 Å². The molecule has 0 bridgehead atoms. The Kier molecular flexibility index (Phi) is 6.06. The van der Waals surface area contributed by atoms with Crippen molar-refractivity contribution in [3.8, 4) is 11.1 Å². The van der Waals surface area contributed by atoms with Gasteiger partial charge in [0.15, 0.2) is 0 Å². The van der Waals surface area contributed by atoms with Crippen molar-refractivity contribution < 1.29 is 14.7 Å². The second-order valence-corrected chi connectivity index (χ2v) is 9.57. The number of carboxylic acid groups (broad SMARTS) is 1. The molecule has 1 amide bonds. The largest absolute Gasteiger partial charge is 0.481 e. The third-order valence-corrected chi connectivity index (χ3v) is 7.11. The molecule has 2 aromatic rings. The topological polar surface area (TPSA) is 57.6 Å². The standard InChI is InChI=1S/C24H23NO3S2/c1-15-5-9-17(10-6-15)18-11-7-16(8-12-18)13-21-22(26)25(24(29)30-21)20-4-2-3-19(14-20)23(27)28/h5-13,19-20H,2-4,14H2,1H3,(H,27,28)/b21-13+. The molecular formula is C24H23NO3S2. The van der Waals surface area contributed by atoms with E-state index in [9.17, 15) is 14.7 Å². The van der Waals surface area contributed by atoms with Crippen LogP contribution in [0.2, 0.25) is 0 Å². The van der Waals surface area contributed by atoms with Crippen LogP contribution >= 0.6 is 24.0 Å². The Morgan fingerprint density at radius 3 is 2.37 bits per heavy atom. The molecule has 4 nitrogen and oxygen atoms in total. The molecule has 6 heteroatoms. The van der Waals surface area contributed by atoms with E-state index in [2.05, 4.69) is 43.3 Å². The molecule has 30 heavy (non-hydrogen) atoms. The van der Waals surface area contributed by atoms with E-state index in [0.717, 1.165) is 29.5 Å². The fraction of sp³-hybridized carbons (Fsp3) is 0.292. The van der Waals surface area contributed by atoms with Crippen LogP contribution in [0.5, 0.6) is 0 Å². The number of thiocarbonyl (C=S) groups is 1. The van der Waals surface area contributed by atoms with Gasteiger partial charge in [-0.25, -0.2) is 0 Å². The Bertz CT molecular complexity index is 1010. The zero-order valence-electron chi connectivity index (χ0n) is 16.7. The number of benzene rings is 2. The zero-order valence-corrected chi connectivity index (χ0v) is 18.3. The molecule has 2 atom stereocenters. The summed E-state index contributed by atoms with van der Waals surface area (Å²) >= 11 is 6.77. The van der Waals surface area contributed by atoms with Crippen LogP contribution in [-0.4, -0.2) is 32.2 Å². The third-order valence-electron chi connectivity index (χ3n) is 5.78. The van der Waals surface area contributed by atoms with Crippen molar-refractivity contribution in [2.45, 2.75) is 38.6 Å². The number of aryl methyl sites for hydroxylation is 1. The van der Waals surface area contributed by atoms with Gasteiger partial charge in [0.25, 0.3) is 5.91 Å². The molecule has 1 saturated heterocycles. The van der Waals surface area contributed by atoms with Gasteiger partial charge in [-0.15, -0.1) is 0 Å². The van der Waals surface area contributed by atoms with E-state index in [1.807, 2.05) is 18.2 Å². The van der Waals surface area contributed by atoms with E-state index in [4.69, 9.17) is 12.2 Å². The summed E-state index contributed by atoms with van der Waals surface area (Å²) in [6.45, 7) is 2.07. The summed E-state index contributed by atoms with van der Waals surface area (Å²) in [6, 6.07) is 16.4. The first-order valence-electron chi connectivity index (χ1n) is 10.1. The molecule has 2 aromatic carbocycles. The maximum Gasteiger partial charge on any atom is 0.306 e. The smallest absolute Gasteiger partial charge is 0.306 e. The summed E-state index contributed by atoms with van der Waals surface area (Å²) in [7, 11) is 0. The van der Waals surface area contributed by atoms with Crippen molar-refractivity contribution in [1.82, 2.24) is 4.90 Å².